The molecule has 0 N–H and O–H groups in total. The predicted octanol–water partition coefficient (Wildman–Crippen LogP) is 4.47. The zero-order chi connectivity index (χ0) is 23.5. The average molecular weight is 454 g/mol. The largest absolute Gasteiger partial charge is 0.383 e. The quantitative estimate of drug-likeness (QED) is 0.476. The summed E-state index contributed by atoms with van der Waals surface area (Å²) in [5.41, 5.74) is 2.36. The highest BCUT2D eigenvalue weighted by molar-refractivity contribution is 5.85. The fraction of sp³-hybridized carbons (Fsp3) is 0.556. The molecule has 0 aliphatic heterocycles. The van der Waals surface area contributed by atoms with E-state index in [0.29, 0.717) is 26.1 Å². The Balaban J connectivity index is 1.76. The van der Waals surface area contributed by atoms with Gasteiger partial charge in [-0.05, 0) is 37.0 Å². The summed E-state index contributed by atoms with van der Waals surface area (Å²) in [6.45, 7) is 4.35. The number of benzene rings is 1. The lowest BCUT2D eigenvalue weighted by Gasteiger charge is -2.36. The number of hydrogen-bond acceptors (Lipinski definition) is 3. The molecule has 0 atom stereocenters. The lowest BCUT2D eigenvalue weighted by Crippen LogP contribution is -2.48. The molecule has 3 rings (SSSR count). The normalized spacial score (nSPS) is 14.2. The van der Waals surface area contributed by atoms with Crippen molar-refractivity contribution in [1.82, 2.24) is 14.4 Å². The van der Waals surface area contributed by atoms with Crippen LogP contribution in [0.15, 0.2) is 48.7 Å². The molecule has 0 radical (unpaired) electrons. The van der Waals surface area contributed by atoms with Crippen LogP contribution in [-0.4, -0.2) is 59.0 Å². The van der Waals surface area contributed by atoms with Crippen LogP contribution in [0.5, 0.6) is 0 Å². The minimum absolute atomic E-state index is 0.0268. The summed E-state index contributed by atoms with van der Waals surface area (Å²) in [6, 6.07) is 14.8. The molecule has 6 nitrogen and oxygen atoms in total. The van der Waals surface area contributed by atoms with Crippen LogP contribution in [0.2, 0.25) is 0 Å². The molecule has 180 valence electrons. The zero-order valence-corrected chi connectivity index (χ0v) is 20.2. The highest BCUT2D eigenvalue weighted by Gasteiger charge is 2.28. The molecular formula is C27H39N3O3. The Morgan fingerprint density at radius 1 is 1.03 bits per heavy atom. The van der Waals surface area contributed by atoms with Gasteiger partial charge >= 0.3 is 0 Å². The second-order valence-electron chi connectivity index (χ2n) is 8.98. The maximum atomic E-state index is 13.6. The van der Waals surface area contributed by atoms with Crippen molar-refractivity contribution in [3.8, 4) is 0 Å². The topological polar surface area (TPSA) is 54.8 Å². The van der Waals surface area contributed by atoms with Gasteiger partial charge in [-0.2, -0.15) is 0 Å². The molecule has 1 aliphatic carbocycles. The van der Waals surface area contributed by atoms with Gasteiger partial charge in [-0.25, -0.2) is 0 Å². The van der Waals surface area contributed by atoms with Crippen LogP contribution >= 0.6 is 0 Å². The summed E-state index contributed by atoms with van der Waals surface area (Å²) < 4.78 is 7.42. The Morgan fingerprint density at radius 3 is 2.48 bits per heavy atom. The van der Waals surface area contributed by atoms with Gasteiger partial charge in [-0.1, -0.05) is 56.5 Å². The van der Waals surface area contributed by atoms with Crippen LogP contribution in [0.3, 0.4) is 0 Å². The maximum Gasteiger partial charge on any atom is 0.242 e. The predicted molar refractivity (Wildman–Crippen MR) is 131 cm³/mol. The van der Waals surface area contributed by atoms with Crippen molar-refractivity contribution in [2.75, 3.05) is 26.8 Å². The minimum Gasteiger partial charge on any atom is -0.383 e. The Hall–Kier alpha value is -2.60. The lowest BCUT2D eigenvalue weighted by atomic mass is 9.94. The van der Waals surface area contributed by atoms with Crippen molar-refractivity contribution >= 4 is 11.8 Å². The highest BCUT2D eigenvalue weighted by atomic mass is 16.5. The van der Waals surface area contributed by atoms with E-state index in [9.17, 15) is 9.59 Å². The summed E-state index contributed by atoms with van der Waals surface area (Å²) in [4.78, 5) is 30.0. The summed E-state index contributed by atoms with van der Waals surface area (Å²) in [6.07, 6.45) is 8.93. The van der Waals surface area contributed by atoms with Crippen molar-refractivity contribution in [1.29, 1.82) is 0 Å². The van der Waals surface area contributed by atoms with E-state index < -0.39 is 0 Å². The molecule has 2 aromatic rings. The second kappa shape index (κ2) is 13.2. The molecule has 1 aliphatic rings. The van der Waals surface area contributed by atoms with Gasteiger partial charge < -0.3 is 19.1 Å². The van der Waals surface area contributed by atoms with Crippen LogP contribution in [0, 0.1) is 0 Å². The fourth-order valence-electron chi connectivity index (χ4n) is 4.64. The fourth-order valence-corrected chi connectivity index (χ4v) is 4.64. The molecule has 1 aromatic heterocycles. The molecule has 0 unspecified atom stereocenters. The van der Waals surface area contributed by atoms with E-state index in [1.165, 1.54) is 12.0 Å². The monoisotopic (exact) mass is 453 g/mol. The SMILES string of the molecule is CCCC(=O)N(CCOC)CC(=O)N(Cc1cccn1Cc1ccccc1)C1CCCCC1. The van der Waals surface area contributed by atoms with E-state index in [1.54, 1.807) is 12.0 Å². The van der Waals surface area contributed by atoms with Gasteiger partial charge in [-0.3, -0.25) is 9.59 Å². The molecule has 33 heavy (non-hydrogen) atoms. The number of rotatable bonds is 12. The standard InChI is InChI=1S/C27H39N3O3/c1-3-11-26(31)29(18-19-33-2)22-27(32)30(24-14-8-5-9-15-24)21-25-16-10-17-28(25)20-23-12-6-4-7-13-23/h4,6-7,10,12-13,16-17,24H,3,5,8-9,11,14-15,18-22H2,1-2H3. The van der Waals surface area contributed by atoms with E-state index in [2.05, 4.69) is 47.2 Å². The summed E-state index contributed by atoms with van der Waals surface area (Å²) in [5, 5.41) is 0. The Bertz CT molecular complexity index is 859. The number of nitrogens with zero attached hydrogens (tertiary/aromatic N) is 3. The number of carbonyl (C=O) groups is 2. The van der Waals surface area contributed by atoms with Crippen molar-refractivity contribution in [2.45, 2.75) is 71.0 Å². The van der Waals surface area contributed by atoms with Gasteiger partial charge in [-0.15, -0.1) is 0 Å². The van der Waals surface area contributed by atoms with Crippen molar-refractivity contribution in [3.63, 3.8) is 0 Å². The first-order valence-electron chi connectivity index (χ1n) is 12.4. The molecule has 1 saturated carbocycles. The Labute approximate surface area is 198 Å². The van der Waals surface area contributed by atoms with E-state index in [0.717, 1.165) is 44.3 Å². The number of amides is 2. The molecular weight excluding hydrogens is 414 g/mol. The average Bonchev–Trinajstić information content (AvgIpc) is 3.27. The lowest BCUT2D eigenvalue weighted by molar-refractivity contribution is -0.143. The van der Waals surface area contributed by atoms with Gasteiger partial charge in [0.25, 0.3) is 0 Å². The minimum atomic E-state index is 0.0268. The van der Waals surface area contributed by atoms with Gasteiger partial charge in [0.05, 0.1) is 19.7 Å². The Kier molecular flexibility index (Phi) is 10.0. The Morgan fingerprint density at radius 2 is 1.79 bits per heavy atom. The molecule has 0 bridgehead atoms. The van der Waals surface area contributed by atoms with E-state index in [-0.39, 0.29) is 24.4 Å². The molecule has 1 aromatic carbocycles. The number of carbonyl (C=O) groups excluding carboxylic acids is 2. The second-order valence-corrected chi connectivity index (χ2v) is 8.98. The first-order chi connectivity index (χ1) is 16.1. The van der Waals surface area contributed by atoms with Crippen LogP contribution in [0.1, 0.15) is 63.1 Å². The van der Waals surface area contributed by atoms with E-state index >= 15 is 0 Å². The number of hydrogen-bond donors (Lipinski definition) is 0. The van der Waals surface area contributed by atoms with Gasteiger partial charge in [0, 0.05) is 44.6 Å². The molecule has 1 fully saturated rings. The van der Waals surface area contributed by atoms with Crippen LogP contribution in [0.4, 0.5) is 0 Å². The third-order valence-electron chi connectivity index (χ3n) is 6.50. The third kappa shape index (κ3) is 7.46. The molecule has 6 heteroatoms. The summed E-state index contributed by atoms with van der Waals surface area (Å²) in [5.74, 6) is 0.0638. The van der Waals surface area contributed by atoms with E-state index in [4.69, 9.17) is 4.74 Å². The molecule has 1 heterocycles. The first-order valence-corrected chi connectivity index (χ1v) is 12.4. The number of ether oxygens (including phenoxy) is 1. The molecule has 2 amide bonds. The first kappa shape index (κ1) is 25.0. The van der Waals surface area contributed by atoms with Gasteiger partial charge in [0.15, 0.2) is 0 Å². The smallest absolute Gasteiger partial charge is 0.242 e. The van der Waals surface area contributed by atoms with Crippen molar-refractivity contribution < 1.29 is 14.3 Å². The van der Waals surface area contributed by atoms with Crippen molar-refractivity contribution in [2.24, 2.45) is 0 Å². The number of aromatic nitrogens is 1. The third-order valence-corrected chi connectivity index (χ3v) is 6.50. The number of methoxy groups -OCH3 is 1. The summed E-state index contributed by atoms with van der Waals surface area (Å²) in [7, 11) is 1.62. The molecule has 0 saturated heterocycles. The van der Waals surface area contributed by atoms with Crippen LogP contribution < -0.4 is 0 Å². The van der Waals surface area contributed by atoms with Crippen LogP contribution in [0.25, 0.3) is 0 Å². The van der Waals surface area contributed by atoms with Crippen LogP contribution in [-0.2, 0) is 27.4 Å². The molecule has 0 spiro atoms. The van der Waals surface area contributed by atoms with Gasteiger partial charge in [0.2, 0.25) is 11.8 Å². The summed E-state index contributed by atoms with van der Waals surface area (Å²) >= 11 is 0. The van der Waals surface area contributed by atoms with Crippen molar-refractivity contribution in [3.05, 3.63) is 59.9 Å². The van der Waals surface area contributed by atoms with Gasteiger partial charge in [0.1, 0.15) is 0 Å². The highest BCUT2D eigenvalue weighted by Crippen LogP contribution is 2.25. The van der Waals surface area contributed by atoms with E-state index in [1.807, 2.05) is 17.9 Å². The maximum absolute atomic E-state index is 13.6. The zero-order valence-electron chi connectivity index (χ0n) is 20.2.